The van der Waals surface area contributed by atoms with Gasteiger partial charge in [-0.05, 0) is 72.3 Å². The fourth-order valence-electron chi connectivity index (χ4n) is 4.70. The monoisotopic (exact) mass is 464 g/mol. The second-order valence-corrected chi connectivity index (χ2v) is 9.24. The van der Waals surface area contributed by atoms with Gasteiger partial charge in [-0.1, -0.05) is 66.7 Å². The molecule has 0 saturated carbocycles. The lowest BCUT2D eigenvalue weighted by Gasteiger charge is -2.15. The van der Waals surface area contributed by atoms with Gasteiger partial charge >= 0.3 is 0 Å². The number of benzene rings is 3. The van der Waals surface area contributed by atoms with E-state index in [1.54, 1.807) is 0 Å². The highest BCUT2D eigenvalue weighted by molar-refractivity contribution is 5.77. The van der Waals surface area contributed by atoms with Gasteiger partial charge < -0.3 is 5.32 Å². The van der Waals surface area contributed by atoms with Crippen LogP contribution in [0.15, 0.2) is 91.3 Å². The molecule has 1 fully saturated rings. The molecule has 5 heteroatoms. The summed E-state index contributed by atoms with van der Waals surface area (Å²) in [6.07, 6.45) is 7.56. The Bertz CT molecular complexity index is 1240. The molecule has 0 atom stereocenters. The van der Waals surface area contributed by atoms with Gasteiger partial charge in [0.15, 0.2) is 0 Å². The number of rotatable bonds is 9. The number of carbonyl (C=O) groups is 1. The normalized spacial score (nSPS) is 13.7. The molecular formula is C30H32N4O. The van der Waals surface area contributed by atoms with Crippen molar-refractivity contribution in [3.63, 3.8) is 0 Å². The van der Waals surface area contributed by atoms with Crippen LogP contribution in [0, 0.1) is 0 Å². The van der Waals surface area contributed by atoms with E-state index in [-0.39, 0.29) is 5.91 Å². The number of nitrogens with zero attached hydrogens (tertiary/aromatic N) is 3. The molecule has 0 bridgehead atoms. The van der Waals surface area contributed by atoms with E-state index in [2.05, 4.69) is 57.8 Å². The summed E-state index contributed by atoms with van der Waals surface area (Å²) in [7, 11) is 0. The van der Waals surface area contributed by atoms with Crippen LogP contribution in [0.3, 0.4) is 0 Å². The van der Waals surface area contributed by atoms with Gasteiger partial charge in [-0.2, -0.15) is 5.10 Å². The van der Waals surface area contributed by atoms with Crippen LogP contribution >= 0.6 is 0 Å². The number of para-hydroxylation sites is 1. The van der Waals surface area contributed by atoms with Crippen LogP contribution in [0.5, 0.6) is 0 Å². The lowest BCUT2D eigenvalue weighted by Crippen LogP contribution is -2.23. The fourth-order valence-corrected chi connectivity index (χ4v) is 4.70. The second-order valence-electron chi connectivity index (χ2n) is 9.24. The van der Waals surface area contributed by atoms with Crippen molar-refractivity contribution in [1.29, 1.82) is 0 Å². The molecule has 178 valence electrons. The van der Waals surface area contributed by atoms with Gasteiger partial charge in [0.2, 0.25) is 5.91 Å². The average Bonchev–Trinajstić information content (AvgIpc) is 3.60. The van der Waals surface area contributed by atoms with Gasteiger partial charge in [0.25, 0.3) is 0 Å². The van der Waals surface area contributed by atoms with Crippen LogP contribution in [-0.2, 0) is 24.3 Å². The van der Waals surface area contributed by atoms with Crippen LogP contribution < -0.4 is 5.32 Å². The summed E-state index contributed by atoms with van der Waals surface area (Å²) in [5.41, 5.74) is 6.92. The highest BCUT2D eigenvalue weighted by Crippen LogP contribution is 2.25. The van der Waals surface area contributed by atoms with Crippen molar-refractivity contribution in [1.82, 2.24) is 20.0 Å². The molecule has 0 spiro atoms. The van der Waals surface area contributed by atoms with Crippen LogP contribution in [0.2, 0.25) is 0 Å². The van der Waals surface area contributed by atoms with Crippen LogP contribution in [0.1, 0.15) is 36.0 Å². The maximum atomic E-state index is 12.6. The van der Waals surface area contributed by atoms with Crippen LogP contribution in [0.25, 0.3) is 16.8 Å². The zero-order chi connectivity index (χ0) is 23.9. The molecule has 1 N–H and O–H groups in total. The number of likely N-dealkylation sites (tertiary alicyclic amines) is 1. The van der Waals surface area contributed by atoms with Crippen molar-refractivity contribution >= 4 is 5.91 Å². The number of nitrogens with one attached hydrogen (secondary N) is 1. The zero-order valence-electron chi connectivity index (χ0n) is 20.1. The molecule has 5 nitrogen and oxygen atoms in total. The zero-order valence-corrected chi connectivity index (χ0v) is 20.1. The molecular weight excluding hydrogens is 432 g/mol. The average molecular weight is 465 g/mol. The first kappa shape index (κ1) is 23.1. The molecule has 1 amide bonds. The van der Waals surface area contributed by atoms with Gasteiger partial charge in [-0.25, -0.2) is 4.68 Å². The van der Waals surface area contributed by atoms with Gasteiger partial charge in [-0.3, -0.25) is 9.69 Å². The minimum absolute atomic E-state index is 0.0493. The quantitative estimate of drug-likeness (QED) is 0.362. The number of aryl methyl sites for hydroxylation is 1. The third-order valence-corrected chi connectivity index (χ3v) is 6.66. The van der Waals surface area contributed by atoms with E-state index in [0.29, 0.717) is 19.4 Å². The molecule has 4 aromatic rings. The molecule has 1 aromatic heterocycles. The van der Waals surface area contributed by atoms with Crippen molar-refractivity contribution in [2.75, 3.05) is 13.1 Å². The van der Waals surface area contributed by atoms with Gasteiger partial charge in [-0.15, -0.1) is 0 Å². The maximum Gasteiger partial charge on any atom is 0.220 e. The molecule has 0 unspecified atom stereocenters. The predicted molar refractivity (Wildman–Crippen MR) is 140 cm³/mol. The molecule has 1 aliphatic heterocycles. The standard InChI is InChI=1S/C30H32N4O/c35-30(17-14-25-20-32-34(23-25)28-9-2-1-3-10-28)31-21-27-8-4-5-11-29(27)26-15-12-24(13-16-26)22-33-18-6-7-19-33/h1-5,8-13,15-16,20,23H,6-7,14,17-19,21-22H2,(H,31,35). The van der Waals surface area contributed by atoms with E-state index in [1.165, 1.54) is 42.6 Å². The molecule has 0 aliphatic carbocycles. The van der Waals surface area contributed by atoms with Gasteiger partial charge in [0, 0.05) is 25.7 Å². The number of carbonyl (C=O) groups excluding carboxylic acids is 1. The third kappa shape index (κ3) is 6.06. The summed E-state index contributed by atoms with van der Waals surface area (Å²) in [5, 5.41) is 7.52. The lowest BCUT2D eigenvalue weighted by molar-refractivity contribution is -0.121. The SMILES string of the molecule is O=C(CCc1cnn(-c2ccccc2)c1)NCc1ccccc1-c1ccc(CN2CCCC2)cc1. The Hall–Kier alpha value is -3.70. The minimum Gasteiger partial charge on any atom is -0.352 e. The fraction of sp³-hybridized carbons (Fsp3) is 0.267. The van der Waals surface area contributed by atoms with Crippen molar-refractivity contribution < 1.29 is 4.79 Å². The summed E-state index contributed by atoms with van der Waals surface area (Å²) in [6, 6.07) is 27.2. The molecule has 2 heterocycles. The smallest absolute Gasteiger partial charge is 0.220 e. The molecule has 0 radical (unpaired) electrons. The van der Waals surface area contributed by atoms with Crippen molar-refractivity contribution in [3.05, 3.63) is 108 Å². The van der Waals surface area contributed by atoms with Crippen molar-refractivity contribution in [2.24, 2.45) is 0 Å². The first-order valence-corrected chi connectivity index (χ1v) is 12.5. The van der Waals surface area contributed by atoms with E-state index in [1.807, 2.05) is 53.5 Å². The highest BCUT2D eigenvalue weighted by Gasteiger charge is 2.12. The number of amides is 1. The Kier molecular flexibility index (Phi) is 7.35. The van der Waals surface area contributed by atoms with E-state index < -0.39 is 0 Å². The van der Waals surface area contributed by atoms with Crippen LogP contribution in [0.4, 0.5) is 0 Å². The van der Waals surface area contributed by atoms with E-state index in [4.69, 9.17) is 0 Å². The van der Waals surface area contributed by atoms with E-state index >= 15 is 0 Å². The highest BCUT2D eigenvalue weighted by atomic mass is 16.1. The Morgan fingerprint density at radius 1 is 0.857 bits per heavy atom. The Morgan fingerprint density at radius 2 is 1.60 bits per heavy atom. The number of hydrogen-bond donors (Lipinski definition) is 1. The number of hydrogen-bond acceptors (Lipinski definition) is 3. The van der Waals surface area contributed by atoms with Gasteiger partial charge in [0.05, 0.1) is 11.9 Å². The topological polar surface area (TPSA) is 50.2 Å². The maximum absolute atomic E-state index is 12.6. The molecule has 35 heavy (non-hydrogen) atoms. The van der Waals surface area contributed by atoms with Crippen molar-refractivity contribution in [3.8, 4) is 16.8 Å². The molecule has 5 rings (SSSR count). The lowest BCUT2D eigenvalue weighted by atomic mass is 9.98. The minimum atomic E-state index is 0.0493. The molecule has 1 aliphatic rings. The Morgan fingerprint density at radius 3 is 2.40 bits per heavy atom. The third-order valence-electron chi connectivity index (χ3n) is 6.66. The van der Waals surface area contributed by atoms with Crippen LogP contribution in [-0.4, -0.2) is 33.7 Å². The summed E-state index contributed by atoms with van der Waals surface area (Å²) in [6.45, 7) is 3.97. The summed E-state index contributed by atoms with van der Waals surface area (Å²) in [4.78, 5) is 15.1. The summed E-state index contributed by atoms with van der Waals surface area (Å²) < 4.78 is 1.85. The molecule has 1 saturated heterocycles. The van der Waals surface area contributed by atoms with Gasteiger partial charge in [0.1, 0.15) is 0 Å². The predicted octanol–water partition coefficient (Wildman–Crippen LogP) is 5.38. The number of aromatic nitrogens is 2. The Labute approximate surface area is 207 Å². The second kappa shape index (κ2) is 11.2. The summed E-state index contributed by atoms with van der Waals surface area (Å²) >= 11 is 0. The first-order valence-electron chi connectivity index (χ1n) is 12.5. The largest absolute Gasteiger partial charge is 0.352 e. The molecule has 3 aromatic carbocycles. The van der Waals surface area contributed by atoms with Crippen molar-refractivity contribution in [2.45, 2.75) is 38.8 Å². The first-order chi connectivity index (χ1) is 17.2. The summed E-state index contributed by atoms with van der Waals surface area (Å²) in [5.74, 6) is 0.0493. The Balaban J connectivity index is 1.15. The van der Waals surface area contributed by atoms with E-state index in [9.17, 15) is 4.79 Å². The van der Waals surface area contributed by atoms with E-state index in [0.717, 1.165) is 23.4 Å².